The Kier molecular flexibility index (Phi) is 14.4. The van der Waals surface area contributed by atoms with Crippen LogP contribution in [0.1, 0.15) is 71.1 Å². The number of carbonyl (C=O) groups excluding carboxylic acids is 1. The minimum Gasteiger partial charge on any atom is -0.386 e. The molecule has 3 N–H and O–H groups in total. The summed E-state index contributed by atoms with van der Waals surface area (Å²) < 4.78 is 0. The first-order valence-electron chi connectivity index (χ1n) is 10.4. The van der Waals surface area contributed by atoms with Crippen molar-refractivity contribution in [3.8, 4) is 0 Å². The molecule has 0 saturated carbocycles. The minimum atomic E-state index is -1.89. The van der Waals surface area contributed by atoms with Crippen molar-refractivity contribution < 1.29 is 34.9 Å². The third-order valence-corrected chi connectivity index (χ3v) is 5.24. The minimum absolute atomic E-state index is 0.0737. The summed E-state index contributed by atoms with van der Waals surface area (Å²) >= 11 is 0. The van der Waals surface area contributed by atoms with Gasteiger partial charge in [-0.05, 0) is 19.3 Å². The zero-order valence-corrected chi connectivity index (χ0v) is 17.6. The summed E-state index contributed by atoms with van der Waals surface area (Å²) in [6.45, 7) is 1.90. The predicted molar refractivity (Wildman–Crippen MR) is 108 cm³/mol. The summed E-state index contributed by atoms with van der Waals surface area (Å²) in [4.78, 5) is 41.6. The van der Waals surface area contributed by atoms with Gasteiger partial charge < -0.3 is 15.3 Å². The average molecular weight is 450 g/mol. The lowest BCUT2D eigenvalue weighted by Crippen LogP contribution is -2.46. The van der Waals surface area contributed by atoms with Crippen LogP contribution in [0.4, 0.5) is 0 Å². The maximum Gasteiger partial charge on any atom is 0.245 e. The largest absolute Gasteiger partial charge is 0.386 e. The van der Waals surface area contributed by atoms with Gasteiger partial charge in [-0.2, -0.15) is 0 Å². The Labute approximate surface area is 179 Å². The molecule has 31 heavy (non-hydrogen) atoms. The quantitative estimate of drug-likeness (QED) is 0.145. The molecule has 0 heterocycles. The molecule has 0 aliphatic heterocycles. The second-order valence-electron chi connectivity index (χ2n) is 7.62. The Morgan fingerprint density at radius 2 is 1.19 bits per heavy atom. The van der Waals surface area contributed by atoms with Crippen LogP contribution in [-0.2, 0) is 4.79 Å². The summed E-state index contributed by atoms with van der Waals surface area (Å²) in [7, 11) is 0. The van der Waals surface area contributed by atoms with Crippen LogP contribution in [0, 0.1) is 30.3 Å². The Bertz CT molecular complexity index is 577. The molecule has 6 atom stereocenters. The summed E-state index contributed by atoms with van der Waals surface area (Å²) in [6.07, 6.45) is -2.29. The van der Waals surface area contributed by atoms with E-state index in [9.17, 15) is 50.5 Å². The highest BCUT2D eigenvalue weighted by molar-refractivity contribution is 5.50. The third-order valence-electron chi connectivity index (χ3n) is 5.24. The molecule has 0 aromatic rings. The van der Waals surface area contributed by atoms with Crippen LogP contribution in [0.3, 0.4) is 0 Å². The lowest BCUT2D eigenvalue weighted by atomic mass is 9.91. The number of nitrogens with zero attached hydrogens (tertiary/aromatic N) is 3. The van der Waals surface area contributed by atoms with Crippen LogP contribution < -0.4 is 0 Å². The molecule has 6 unspecified atom stereocenters. The molecule has 0 amide bonds. The van der Waals surface area contributed by atoms with Crippen LogP contribution in [0.2, 0.25) is 0 Å². The van der Waals surface area contributed by atoms with Crippen LogP contribution in [0.15, 0.2) is 0 Å². The van der Waals surface area contributed by atoms with Gasteiger partial charge in [-0.25, -0.2) is 0 Å². The lowest BCUT2D eigenvalue weighted by Gasteiger charge is -2.23. The lowest BCUT2D eigenvalue weighted by molar-refractivity contribution is -0.574. The summed E-state index contributed by atoms with van der Waals surface area (Å²) in [5.41, 5.74) is 0. The summed E-state index contributed by atoms with van der Waals surface area (Å²) in [5, 5.41) is 64.4. The number of hydrogen-bond acceptors (Lipinski definition) is 10. The van der Waals surface area contributed by atoms with Crippen molar-refractivity contribution in [2.75, 3.05) is 0 Å². The van der Waals surface area contributed by atoms with Gasteiger partial charge in [0.05, 0.1) is 6.42 Å². The Hall–Kier alpha value is -2.25. The van der Waals surface area contributed by atoms with Gasteiger partial charge in [0.2, 0.25) is 18.1 Å². The molecule has 179 valence electrons. The first kappa shape index (κ1) is 28.8. The van der Waals surface area contributed by atoms with E-state index in [1.165, 1.54) is 0 Å². The first-order valence-corrected chi connectivity index (χ1v) is 10.4. The number of hydrogen-bond donors (Lipinski definition) is 3. The topological polar surface area (TPSA) is 207 Å². The second-order valence-corrected chi connectivity index (χ2v) is 7.62. The van der Waals surface area contributed by atoms with Crippen LogP contribution in [-0.4, -0.2) is 72.8 Å². The maximum absolute atomic E-state index is 11.4. The molecule has 0 aliphatic carbocycles. The van der Waals surface area contributed by atoms with E-state index in [1.807, 2.05) is 6.92 Å². The Morgan fingerprint density at radius 3 is 1.68 bits per heavy atom. The number of rotatable bonds is 19. The fourth-order valence-electron chi connectivity index (χ4n) is 3.36. The number of aliphatic hydroxyl groups is 3. The molecule has 1 radical (unpaired) electrons. The first-order chi connectivity index (χ1) is 14.6. The van der Waals surface area contributed by atoms with E-state index >= 15 is 0 Å². The molecule has 0 spiro atoms. The van der Waals surface area contributed by atoms with E-state index in [-0.39, 0.29) is 25.7 Å². The van der Waals surface area contributed by atoms with Gasteiger partial charge in [0.15, 0.2) is 6.29 Å². The van der Waals surface area contributed by atoms with Crippen LogP contribution in [0.25, 0.3) is 0 Å². The van der Waals surface area contributed by atoms with Crippen molar-refractivity contribution in [2.45, 2.75) is 108 Å². The number of unbranched alkanes of at least 4 members (excludes halogenated alkanes) is 4. The van der Waals surface area contributed by atoms with Crippen molar-refractivity contribution in [3.05, 3.63) is 30.3 Å². The SMILES string of the molecule is CCCCCC(O)C(CC(C(O)CC(O)C(CCCC[C]=O)[N+](=O)[O-])[N+](=O)[O-])[N+](=O)[O-]. The van der Waals surface area contributed by atoms with Crippen molar-refractivity contribution in [2.24, 2.45) is 0 Å². The normalized spacial score (nSPS) is 17.2. The highest BCUT2D eigenvalue weighted by Crippen LogP contribution is 2.21. The fourth-order valence-corrected chi connectivity index (χ4v) is 3.36. The third kappa shape index (κ3) is 11.1. The van der Waals surface area contributed by atoms with Gasteiger partial charge in [-0.1, -0.05) is 26.2 Å². The van der Waals surface area contributed by atoms with E-state index in [0.29, 0.717) is 12.8 Å². The molecule has 0 rings (SSSR count). The molecule has 0 aliphatic rings. The van der Waals surface area contributed by atoms with Crippen molar-refractivity contribution >= 4 is 6.29 Å². The highest BCUT2D eigenvalue weighted by Gasteiger charge is 2.43. The molecule has 0 fully saturated rings. The van der Waals surface area contributed by atoms with Gasteiger partial charge in [-0.3, -0.25) is 35.1 Å². The molecular weight excluding hydrogens is 418 g/mol. The molecule has 0 saturated heterocycles. The fraction of sp³-hybridized carbons (Fsp3) is 0.944. The van der Waals surface area contributed by atoms with E-state index < -0.39 is 64.0 Å². The molecule has 0 aromatic heterocycles. The zero-order chi connectivity index (χ0) is 24.0. The average Bonchev–Trinajstić information content (AvgIpc) is 2.67. The molecule has 0 aromatic carbocycles. The smallest absolute Gasteiger partial charge is 0.245 e. The number of nitro groups is 3. The summed E-state index contributed by atoms with van der Waals surface area (Å²) in [6, 6.07) is -5.09. The van der Waals surface area contributed by atoms with E-state index in [2.05, 4.69) is 0 Å². The second kappa shape index (κ2) is 15.5. The Morgan fingerprint density at radius 1 is 0.710 bits per heavy atom. The van der Waals surface area contributed by atoms with Crippen molar-refractivity contribution in [1.29, 1.82) is 0 Å². The molecule has 13 heteroatoms. The number of aliphatic hydroxyl groups excluding tert-OH is 3. The van der Waals surface area contributed by atoms with Gasteiger partial charge in [0.1, 0.15) is 18.3 Å². The van der Waals surface area contributed by atoms with Crippen molar-refractivity contribution in [1.82, 2.24) is 0 Å². The van der Waals surface area contributed by atoms with Crippen LogP contribution >= 0.6 is 0 Å². The van der Waals surface area contributed by atoms with E-state index in [1.54, 1.807) is 6.29 Å². The monoisotopic (exact) mass is 450 g/mol. The van der Waals surface area contributed by atoms with Gasteiger partial charge in [-0.15, -0.1) is 0 Å². The van der Waals surface area contributed by atoms with Crippen molar-refractivity contribution in [3.63, 3.8) is 0 Å². The summed E-state index contributed by atoms with van der Waals surface area (Å²) in [5.74, 6) is 0. The van der Waals surface area contributed by atoms with Gasteiger partial charge in [0, 0.05) is 34.0 Å². The van der Waals surface area contributed by atoms with Gasteiger partial charge >= 0.3 is 0 Å². The van der Waals surface area contributed by atoms with E-state index in [4.69, 9.17) is 0 Å². The standard InChI is InChI=1S/C18H32N3O10/c1-2-3-5-9-16(23)14(20(28)29)11-15(21(30)31)18(25)12-17(24)13(19(26)27)8-6-4-7-10-22/h13-18,23-25H,2-9,11-12H2,1H3. The van der Waals surface area contributed by atoms with Gasteiger partial charge in [0.25, 0.3) is 0 Å². The molecule has 13 nitrogen and oxygen atoms in total. The Balaban J connectivity index is 5.15. The maximum atomic E-state index is 11.4. The highest BCUT2D eigenvalue weighted by atomic mass is 16.6. The molecule has 0 bridgehead atoms. The zero-order valence-electron chi connectivity index (χ0n) is 17.6. The predicted octanol–water partition coefficient (Wildman–Crippen LogP) is 1.04. The molecular formula is C18H32N3O10. The van der Waals surface area contributed by atoms with E-state index in [0.717, 1.165) is 12.8 Å². The van der Waals surface area contributed by atoms with Crippen LogP contribution in [0.5, 0.6) is 0 Å².